The van der Waals surface area contributed by atoms with Crippen molar-refractivity contribution in [2.45, 2.75) is 48.9 Å². The number of hydrogen-bond acceptors (Lipinski definition) is 6. The van der Waals surface area contributed by atoms with Crippen molar-refractivity contribution in [1.82, 2.24) is 14.9 Å². The number of nitrogens with one attached hydrogen (secondary N) is 3. The number of aliphatic hydroxyl groups is 1. The smallest absolute Gasteiger partial charge is 0.245 e. The van der Waals surface area contributed by atoms with Crippen LogP contribution in [-0.2, 0) is 26.0 Å². The summed E-state index contributed by atoms with van der Waals surface area (Å²) in [6.07, 6.45) is 0.576. The van der Waals surface area contributed by atoms with Crippen LogP contribution in [0.1, 0.15) is 24.8 Å². The highest BCUT2D eigenvalue weighted by Gasteiger charge is 2.36. The topological polar surface area (TPSA) is 169 Å². The van der Waals surface area contributed by atoms with Gasteiger partial charge in [-0.25, -0.2) is 8.42 Å². The summed E-state index contributed by atoms with van der Waals surface area (Å²) in [4.78, 5) is 29.7. The highest BCUT2D eigenvalue weighted by molar-refractivity contribution is 7.89. The van der Waals surface area contributed by atoms with Crippen LogP contribution in [0.3, 0.4) is 0 Å². The average molecular weight is 565 g/mol. The van der Waals surface area contributed by atoms with Crippen molar-refractivity contribution in [3.05, 3.63) is 72.3 Å². The van der Waals surface area contributed by atoms with Crippen LogP contribution in [0, 0.1) is 5.41 Å². The largest absolute Gasteiger partial charge is 0.371 e. The minimum atomic E-state index is -4.09. The Morgan fingerprint density at radius 1 is 1.05 bits per heavy atom. The third kappa shape index (κ3) is 5.51. The number of rotatable bonds is 6. The third-order valence-electron chi connectivity index (χ3n) is 7.44. The second-order valence-electron chi connectivity index (χ2n) is 10.1. The normalized spacial score (nSPS) is 21.5. The molecule has 3 aromatic carbocycles. The van der Waals surface area contributed by atoms with Crippen molar-refractivity contribution in [2.24, 2.45) is 5.73 Å². The average Bonchev–Trinajstić information content (AvgIpc) is 3.06. The first kappa shape index (κ1) is 27.6. The van der Waals surface area contributed by atoms with Crippen molar-refractivity contribution >= 4 is 44.3 Å². The molecule has 12 heteroatoms. The number of nitrogens with two attached hydrogens (primary N) is 1. The molecular formula is C28H32N6O5S. The molecule has 6 N–H and O–H groups in total. The number of aliphatic hydroxyl groups excluding tert-OH is 1. The molecule has 2 aliphatic rings. The van der Waals surface area contributed by atoms with E-state index in [1.54, 1.807) is 30.3 Å². The van der Waals surface area contributed by atoms with Gasteiger partial charge < -0.3 is 26.0 Å². The summed E-state index contributed by atoms with van der Waals surface area (Å²) in [5.74, 6) is -1.35. The standard InChI is InChI=1S/C28H32N6O5S/c29-28(30)33-16-6-11-21(26(33)36)31-25(35)17-34-23-12-4-2-8-19(23)14-15-22(27(34)37)32-40(38,39)24-13-5-9-18-7-1-3-10-20(18)24/h1-5,7-10,12-13,21-22,26,32,36H,6,11,14-17H2,(H3,29,30)(H,31,35)/t21-,22-,26?/m0/s1. The quantitative estimate of drug-likeness (QED) is 0.222. The van der Waals surface area contributed by atoms with Crippen LogP contribution in [-0.4, -0.2) is 67.6 Å². The predicted molar refractivity (Wildman–Crippen MR) is 151 cm³/mol. The molecule has 2 aliphatic heterocycles. The minimum Gasteiger partial charge on any atom is -0.371 e. The van der Waals surface area contributed by atoms with E-state index in [0.717, 1.165) is 10.9 Å². The number of fused-ring (bicyclic) bond motifs is 2. The highest BCUT2D eigenvalue weighted by atomic mass is 32.2. The number of guanidine groups is 1. The molecule has 3 aromatic rings. The lowest BCUT2D eigenvalue weighted by atomic mass is 10.0. The Kier molecular flexibility index (Phi) is 7.74. The lowest BCUT2D eigenvalue weighted by molar-refractivity contribution is -0.126. The zero-order valence-electron chi connectivity index (χ0n) is 21.8. The molecule has 0 aliphatic carbocycles. The molecule has 0 spiro atoms. The van der Waals surface area contributed by atoms with Crippen molar-refractivity contribution < 1.29 is 23.1 Å². The summed E-state index contributed by atoms with van der Waals surface area (Å²) in [5.41, 5.74) is 6.90. The van der Waals surface area contributed by atoms with Gasteiger partial charge in [0.2, 0.25) is 21.8 Å². The van der Waals surface area contributed by atoms with Gasteiger partial charge in [-0.05, 0) is 48.8 Å². The van der Waals surface area contributed by atoms with Gasteiger partial charge in [0.05, 0.1) is 10.9 Å². The Labute approximate surface area is 232 Å². The maximum absolute atomic E-state index is 13.8. The second kappa shape index (κ2) is 11.2. The Morgan fingerprint density at radius 2 is 1.77 bits per heavy atom. The van der Waals surface area contributed by atoms with E-state index in [0.29, 0.717) is 36.9 Å². The molecule has 0 aromatic heterocycles. The molecule has 11 nitrogen and oxygen atoms in total. The summed E-state index contributed by atoms with van der Waals surface area (Å²) < 4.78 is 29.7. The lowest BCUT2D eigenvalue weighted by Crippen LogP contribution is -2.59. The van der Waals surface area contributed by atoms with Gasteiger partial charge in [-0.15, -0.1) is 0 Å². The van der Waals surface area contributed by atoms with E-state index in [2.05, 4.69) is 10.0 Å². The SMILES string of the molecule is N=C(N)N1CCC[C@H](NC(=O)CN2C(=O)[C@@H](NS(=O)(=O)c3cccc4ccccc34)CCc3ccccc32)C1O. The third-order valence-corrected chi connectivity index (χ3v) is 8.97. The van der Waals surface area contributed by atoms with E-state index < -0.39 is 40.1 Å². The van der Waals surface area contributed by atoms with Gasteiger partial charge in [-0.3, -0.25) is 15.0 Å². The second-order valence-corrected chi connectivity index (χ2v) is 11.7. The number of sulfonamides is 1. The zero-order chi connectivity index (χ0) is 28.4. The molecule has 0 saturated carbocycles. The number of para-hydroxylation sites is 1. The van der Waals surface area contributed by atoms with Crippen LogP contribution < -0.4 is 20.7 Å². The van der Waals surface area contributed by atoms with Crippen molar-refractivity contribution in [2.75, 3.05) is 18.0 Å². The van der Waals surface area contributed by atoms with Gasteiger partial charge in [-0.1, -0.05) is 54.6 Å². The number of carbonyl (C=O) groups excluding carboxylic acids is 2. The maximum atomic E-state index is 13.8. The van der Waals surface area contributed by atoms with Crippen LogP contribution in [0.5, 0.6) is 0 Å². The van der Waals surface area contributed by atoms with Crippen molar-refractivity contribution in [3.8, 4) is 0 Å². The molecular weight excluding hydrogens is 532 g/mol. The molecule has 0 radical (unpaired) electrons. The molecule has 40 heavy (non-hydrogen) atoms. The number of piperidine rings is 1. The van der Waals surface area contributed by atoms with Crippen LogP contribution in [0.25, 0.3) is 10.8 Å². The fraction of sp³-hybridized carbons (Fsp3) is 0.321. The number of anilines is 1. The van der Waals surface area contributed by atoms with E-state index >= 15 is 0 Å². The number of nitrogens with zero attached hydrogens (tertiary/aromatic N) is 2. The molecule has 5 rings (SSSR count). The number of likely N-dealkylation sites (tertiary alicyclic amines) is 1. The van der Waals surface area contributed by atoms with Gasteiger partial charge >= 0.3 is 0 Å². The molecule has 210 valence electrons. The predicted octanol–water partition coefficient (Wildman–Crippen LogP) is 1.26. The fourth-order valence-electron chi connectivity index (χ4n) is 5.45. The fourth-order valence-corrected chi connectivity index (χ4v) is 6.91. The van der Waals surface area contributed by atoms with E-state index in [4.69, 9.17) is 11.1 Å². The van der Waals surface area contributed by atoms with Crippen LogP contribution in [0.2, 0.25) is 0 Å². The molecule has 3 atom stereocenters. The van der Waals surface area contributed by atoms with E-state index in [1.807, 2.05) is 30.3 Å². The Bertz CT molecular complexity index is 1560. The summed E-state index contributed by atoms with van der Waals surface area (Å²) in [7, 11) is -4.09. The minimum absolute atomic E-state index is 0.0748. The van der Waals surface area contributed by atoms with Crippen LogP contribution in [0.15, 0.2) is 71.6 Å². The molecule has 1 fully saturated rings. The molecule has 2 heterocycles. The van der Waals surface area contributed by atoms with E-state index in [-0.39, 0.29) is 23.8 Å². The molecule has 1 saturated heterocycles. The summed E-state index contributed by atoms with van der Waals surface area (Å²) >= 11 is 0. The number of benzene rings is 3. The number of carbonyl (C=O) groups is 2. The van der Waals surface area contributed by atoms with Gasteiger partial charge in [0.15, 0.2) is 5.96 Å². The lowest BCUT2D eigenvalue weighted by Gasteiger charge is -2.38. The first-order valence-corrected chi connectivity index (χ1v) is 14.6. The first-order chi connectivity index (χ1) is 19.2. The number of amides is 2. The summed E-state index contributed by atoms with van der Waals surface area (Å²) in [5, 5.41) is 22.3. The first-order valence-electron chi connectivity index (χ1n) is 13.1. The van der Waals surface area contributed by atoms with E-state index in [1.165, 1.54) is 15.9 Å². The molecule has 0 bridgehead atoms. The Balaban J connectivity index is 1.39. The van der Waals surface area contributed by atoms with Gasteiger partial charge in [0.25, 0.3) is 0 Å². The molecule has 1 unspecified atom stereocenters. The number of aryl methyl sites for hydroxylation is 1. The highest BCUT2D eigenvalue weighted by Crippen LogP contribution is 2.29. The maximum Gasteiger partial charge on any atom is 0.245 e. The van der Waals surface area contributed by atoms with Gasteiger partial charge in [0.1, 0.15) is 18.8 Å². The van der Waals surface area contributed by atoms with Crippen molar-refractivity contribution in [3.63, 3.8) is 0 Å². The van der Waals surface area contributed by atoms with Gasteiger partial charge in [-0.2, -0.15) is 4.72 Å². The monoisotopic (exact) mass is 564 g/mol. The van der Waals surface area contributed by atoms with Crippen LogP contribution in [0.4, 0.5) is 5.69 Å². The van der Waals surface area contributed by atoms with E-state index in [9.17, 15) is 23.1 Å². The zero-order valence-corrected chi connectivity index (χ0v) is 22.6. The summed E-state index contributed by atoms with van der Waals surface area (Å²) in [6, 6.07) is 17.5. The number of hydrogen-bond donors (Lipinski definition) is 5. The summed E-state index contributed by atoms with van der Waals surface area (Å²) in [6.45, 7) is 0.0328. The Hall–Kier alpha value is -4.00. The molecule has 2 amide bonds. The van der Waals surface area contributed by atoms with Crippen LogP contribution >= 0.6 is 0 Å². The van der Waals surface area contributed by atoms with Crippen molar-refractivity contribution in [1.29, 1.82) is 5.41 Å². The van der Waals surface area contributed by atoms with Gasteiger partial charge in [0, 0.05) is 17.6 Å². The Morgan fingerprint density at radius 3 is 2.58 bits per heavy atom.